The molecule has 3 aromatic rings. The van der Waals surface area contributed by atoms with Crippen LogP contribution in [0.4, 0.5) is 5.82 Å². The van der Waals surface area contributed by atoms with Crippen LogP contribution >= 0.6 is 0 Å². The van der Waals surface area contributed by atoms with Crippen molar-refractivity contribution in [3.8, 4) is 5.75 Å². The van der Waals surface area contributed by atoms with Crippen molar-refractivity contribution in [1.29, 1.82) is 0 Å². The molecule has 7 nitrogen and oxygen atoms in total. The third-order valence-corrected chi connectivity index (χ3v) is 5.34. The molecular weight excluding hydrogens is 330 g/mol. The molecule has 132 valence electrons. The quantitative estimate of drug-likeness (QED) is 0.708. The lowest BCUT2D eigenvalue weighted by Crippen LogP contribution is -2.44. The highest BCUT2D eigenvalue weighted by molar-refractivity contribution is 6.00. The van der Waals surface area contributed by atoms with Crippen LogP contribution in [0.3, 0.4) is 0 Å². The fourth-order valence-corrected chi connectivity index (χ4v) is 4.03. The third kappa shape index (κ3) is 2.20. The number of rotatable bonds is 2. The van der Waals surface area contributed by atoms with Gasteiger partial charge in [-0.2, -0.15) is 0 Å². The Morgan fingerprint density at radius 3 is 3.00 bits per heavy atom. The summed E-state index contributed by atoms with van der Waals surface area (Å²) in [6, 6.07) is 7.50. The van der Waals surface area contributed by atoms with Gasteiger partial charge in [0.05, 0.1) is 24.9 Å². The number of aryl methyl sites for hydroxylation is 1. The molecule has 5 rings (SSSR count). The van der Waals surface area contributed by atoms with Gasteiger partial charge in [-0.15, -0.1) is 0 Å². The number of fused-ring (bicyclic) bond motifs is 2. The minimum atomic E-state index is -0.490. The molecule has 1 spiro atoms. The number of ether oxygens (including phenoxy) is 1. The predicted octanol–water partition coefficient (Wildman–Crippen LogP) is 2.46. The first kappa shape index (κ1) is 15.3. The van der Waals surface area contributed by atoms with Crippen LogP contribution in [0.1, 0.15) is 30.1 Å². The Kier molecular flexibility index (Phi) is 3.25. The highest BCUT2D eigenvalue weighted by Gasteiger charge is 2.46. The number of carbonyl (C=O) groups is 1. The standard InChI is InChI=1S/C19H19N5O2/c1-2-23-12-22-16-17(23)20-11-21-18(16)24-8-7-19(10-24)9-14(25)13-5-3-4-6-15(13)26-19/h3-6,11-12H,2,7-10H2,1H3. The van der Waals surface area contributed by atoms with Crippen LogP contribution < -0.4 is 9.64 Å². The van der Waals surface area contributed by atoms with Crippen LogP contribution in [0, 0.1) is 0 Å². The number of para-hydroxylation sites is 1. The molecule has 0 aliphatic carbocycles. The first-order valence-electron chi connectivity index (χ1n) is 8.91. The van der Waals surface area contributed by atoms with Crippen molar-refractivity contribution in [3.63, 3.8) is 0 Å². The largest absolute Gasteiger partial charge is 0.484 e. The average molecular weight is 349 g/mol. The summed E-state index contributed by atoms with van der Waals surface area (Å²) in [5.41, 5.74) is 1.83. The van der Waals surface area contributed by atoms with E-state index < -0.39 is 5.60 Å². The van der Waals surface area contributed by atoms with Crippen molar-refractivity contribution in [2.45, 2.75) is 31.9 Å². The van der Waals surface area contributed by atoms with Crippen LogP contribution in [-0.2, 0) is 6.54 Å². The van der Waals surface area contributed by atoms with E-state index in [1.54, 1.807) is 12.7 Å². The number of imidazole rings is 1. The zero-order valence-corrected chi connectivity index (χ0v) is 14.6. The predicted molar refractivity (Wildman–Crippen MR) is 96.6 cm³/mol. The second-order valence-corrected chi connectivity index (χ2v) is 6.95. The number of aromatic nitrogens is 4. The maximum Gasteiger partial charge on any atom is 0.170 e. The molecule has 1 saturated heterocycles. The summed E-state index contributed by atoms with van der Waals surface area (Å²) in [5, 5.41) is 0. The van der Waals surface area contributed by atoms with E-state index in [4.69, 9.17) is 4.74 Å². The summed E-state index contributed by atoms with van der Waals surface area (Å²) in [4.78, 5) is 28.1. The van der Waals surface area contributed by atoms with Crippen molar-refractivity contribution in [3.05, 3.63) is 42.5 Å². The fraction of sp³-hybridized carbons (Fsp3) is 0.368. The summed E-state index contributed by atoms with van der Waals surface area (Å²) in [7, 11) is 0. The van der Waals surface area contributed by atoms with E-state index in [2.05, 4.69) is 26.8 Å². The van der Waals surface area contributed by atoms with Gasteiger partial charge in [0.15, 0.2) is 22.8 Å². The molecule has 0 saturated carbocycles. The summed E-state index contributed by atoms with van der Waals surface area (Å²) in [5.74, 6) is 1.65. The summed E-state index contributed by atoms with van der Waals surface area (Å²) >= 11 is 0. The molecule has 2 aliphatic heterocycles. The lowest BCUT2D eigenvalue weighted by atomic mass is 9.89. The molecule has 4 heterocycles. The Bertz CT molecular complexity index is 1010. The van der Waals surface area contributed by atoms with Gasteiger partial charge in [-0.25, -0.2) is 15.0 Å². The maximum atomic E-state index is 12.6. The normalized spacial score (nSPS) is 22.0. The van der Waals surface area contributed by atoms with Crippen molar-refractivity contribution >= 4 is 22.8 Å². The van der Waals surface area contributed by atoms with Crippen LogP contribution in [-0.4, -0.2) is 44.0 Å². The Hall–Kier alpha value is -2.96. The number of benzene rings is 1. The van der Waals surface area contributed by atoms with Crippen molar-refractivity contribution in [1.82, 2.24) is 19.5 Å². The lowest BCUT2D eigenvalue weighted by molar-refractivity contribution is 0.0538. The Morgan fingerprint density at radius 2 is 2.12 bits per heavy atom. The van der Waals surface area contributed by atoms with Crippen LogP contribution in [0.5, 0.6) is 5.75 Å². The Morgan fingerprint density at radius 1 is 1.23 bits per heavy atom. The van der Waals surface area contributed by atoms with Gasteiger partial charge in [0.25, 0.3) is 0 Å². The fourth-order valence-electron chi connectivity index (χ4n) is 4.03. The van der Waals surface area contributed by atoms with Gasteiger partial charge < -0.3 is 14.2 Å². The molecule has 0 radical (unpaired) electrons. The first-order chi connectivity index (χ1) is 12.7. The molecule has 26 heavy (non-hydrogen) atoms. The molecule has 2 aromatic heterocycles. The number of ketones is 1. The topological polar surface area (TPSA) is 73.1 Å². The van der Waals surface area contributed by atoms with Gasteiger partial charge in [0.2, 0.25) is 0 Å². The molecule has 1 atom stereocenters. The van der Waals surface area contributed by atoms with Gasteiger partial charge >= 0.3 is 0 Å². The van der Waals surface area contributed by atoms with Crippen LogP contribution in [0.2, 0.25) is 0 Å². The number of anilines is 1. The van der Waals surface area contributed by atoms with E-state index in [1.807, 2.05) is 28.8 Å². The van der Waals surface area contributed by atoms with Gasteiger partial charge in [-0.3, -0.25) is 4.79 Å². The van der Waals surface area contributed by atoms with Gasteiger partial charge in [0.1, 0.15) is 17.7 Å². The lowest BCUT2D eigenvalue weighted by Gasteiger charge is -2.34. The second-order valence-electron chi connectivity index (χ2n) is 6.95. The SMILES string of the molecule is CCn1cnc2c(N3CCC4(CC(=O)c5ccccc5O4)C3)ncnc21. The zero-order chi connectivity index (χ0) is 17.7. The molecular formula is C19H19N5O2. The summed E-state index contributed by atoms with van der Waals surface area (Å²) in [6.45, 7) is 4.27. The number of hydrogen-bond acceptors (Lipinski definition) is 6. The van der Waals surface area contributed by atoms with Gasteiger partial charge in [-0.05, 0) is 19.1 Å². The van der Waals surface area contributed by atoms with E-state index in [0.717, 1.165) is 36.5 Å². The second kappa shape index (κ2) is 5.52. The number of hydrogen-bond donors (Lipinski definition) is 0. The molecule has 0 N–H and O–H groups in total. The number of Topliss-reactive ketones (excluding diaryl/α,β-unsaturated/α-hetero) is 1. The van der Waals surface area contributed by atoms with E-state index in [9.17, 15) is 4.79 Å². The Labute approximate surface area is 150 Å². The smallest absolute Gasteiger partial charge is 0.170 e. The van der Waals surface area contributed by atoms with E-state index in [-0.39, 0.29) is 5.78 Å². The Balaban J connectivity index is 1.49. The molecule has 7 heteroatoms. The molecule has 1 aromatic carbocycles. The number of carbonyl (C=O) groups excluding carboxylic acids is 1. The minimum absolute atomic E-state index is 0.150. The van der Waals surface area contributed by atoms with Crippen molar-refractivity contribution < 1.29 is 9.53 Å². The number of nitrogens with zero attached hydrogens (tertiary/aromatic N) is 5. The average Bonchev–Trinajstić information content (AvgIpc) is 3.25. The molecule has 0 amide bonds. The van der Waals surface area contributed by atoms with Gasteiger partial charge in [0, 0.05) is 19.5 Å². The van der Waals surface area contributed by atoms with E-state index in [0.29, 0.717) is 24.3 Å². The zero-order valence-electron chi connectivity index (χ0n) is 14.6. The van der Waals surface area contributed by atoms with E-state index >= 15 is 0 Å². The monoisotopic (exact) mass is 349 g/mol. The van der Waals surface area contributed by atoms with Gasteiger partial charge in [-0.1, -0.05) is 12.1 Å². The highest BCUT2D eigenvalue weighted by atomic mass is 16.5. The summed E-state index contributed by atoms with van der Waals surface area (Å²) < 4.78 is 8.31. The minimum Gasteiger partial charge on any atom is -0.484 e. The summed E-state index contributed by atoms with van der Waals surface area (Å²) in [6.07, 6.45) is 4.56. The van der Waals surface area contributed by atoms with Crippen molar-refractivity contribution in [2.24, 2.45) is 0 Å². The van der Waals surface area contributed by atoms with E-state index in [1.165, 1.54) is 0 Å². The first-order valence-corrected chi connectivity index (χ1v) is 8.91. The third-order valence-electron chi connectivity index (χ3n) is 5.34. The molecule has 1 fully saturated rings. The molecule has 2 aliphatic rings. The highest BCUT2D eigenvalue weighted by Crippen LogP contribution is 2.40. The maximum absolute atomic E-state index is 12.6. The molecule has 1 unspecified atom stereocenters. The molecule has 0 bridgehead atoms. The van der Waals surface area contributed by atoms with Crippen molar-refractivity contribution in [2.75, 3.05) is 18.0 Å². The van der Waals surface area contributed by atoms with Crippen LogP contribution in [0.15, 0.2) is 36.9 Å². The van der Waals surface area contributed by atoms with Crippen LogP contribution in [0.25, 0.3) is 11.2 Å².